The lowest BCUT2D eigenvalue weighted by Gasteiger charge is -2.29. The Kier molecular flexibility index (Phi) is 4.66. The van der Waals surface area contributed by atoms with Crippen LogP contribution in [-0.4, -0.2) is 42.0 Å². The monoisotopic (exact) mass is 369 g/mol. The Labute approximate surface area is 157 Å². The minimum Gasteiger partial charge on any atom is -0.436 e. The molecule has 0 bridgehead atoms. The molecule has 5 nitrogen and oxygen atoms in total. The van der Waals surface area contributed by atoms with E-state index in [0.29, 0.717) is 27.6 Å². The molecule has 1 aliphatic heterocycles. The summed E-state index contributed by atoms with van der Waals surface area (Å²) in [7, 11) is 2.10. The minimum atomic E-state index is -0.153. The van der Waals surface area contributed by atoms with Crippen LogP contribution in [0.3, 0.4) is 0 Å². The molecule has 4 rings (SSSR count). The Bertz CT molecular complexity index is 931. The lowest BCUT2D eigenvalue weighted by Crippen LogP contribution is -2.43. The highest BCUT2D eigenvalue weighted by atomic mass is 35.5. The van der Waals surface area contributed by atoms with Gasteiger partial charge in [-0.2, -0.15) is 0 Å². The van der Waals surface area contributed by atoms with Crippen LogP contribution in [0.2, 0.25) is 5.02 Å². The van der Waals surface area contributed by atoms with Crippen molar-refractivity contribution >= 4 is 28.6 Å². The van der Waals surface area contributed by atoms with E-state index >= 15 is 0 Å². The zero-order valence-corrected chi connectivity index (χ0v) is 15.3. The van der Waals surface area contributed by atoms with Crippen LogP contribution < -0.4 is 5.32 Å². The number of carbonyl (C=O) groups is 1. The number of nitrogens with zero attached hydrogens (tertiary/aromatic N) is 2. The lowest BCUT2D eigenvalue weighted by molar-refractivity contribution is 0.0918. The fraction of sp³-hybridized carbons (Fsp3) is 0.300. The average molecular weight is 370 g/mol. The summed E-state index contributed by atoms with van der Waals surface area (Å²) in [5, 5.41) is 3.58. The number of oxazole rings is 1. The molecular weight excluding hydrogens is 350 g/mol. The number of amides is 1. The van der Waals surface area contributed by atoms with Gasteiger partial charge < -0.3 is 14.6 Å². The van der Waals surface area contributed by atoms with E-state index in [1.165, 1.54) is 0 Å². The summed E-state index contributed by atoms with van der Waals surface area (Å²) in [6.45, 7) is 1.97. The molecule has 26 heavy (non-hydrogen) atoms. The summed E-state index contributed by atoms with van der Waals surface area (Å²) in [6, 6.07) is 13.1. The molecule has 0 aliphatic carbocycles. The fourth-order valence-electron chi connectivity index (χ4n) is 3.29. The lowest BCUT2D eigenvalue weighted by atomic mass is 10.0. The van der Waals surface area contributed by atoms with Crippen molar-refractivity contribution in [3.05, 3.63) is 53.1 Å². The average Bonchev–Trinajstić information content (AvgIpc) is 3.07. The minimum absolute atomic E-state index is 0.153. The largest absolute Gasteiger partial charge is 0.436 e. The second kappa shape index (κ2) is 7.09. The normalized spacial score (nSPS) is 16.1. The number of aromatic nitrogens is 1. The molecule has 1 saturated heterocycles. The predicted molar refractivity (Wildman–Crippen MR) is 102 cm³/mol. The zero-order valence-electron chi connectivity index (χ0n) is 14.5. The van der Waals surface area contributed by atoms with Crippen LogP contribution in [0.1, 0.15) is 23.2 Å². The van der Waals surface area contributed by atoms with Gasteiger partial charge in [0.25, 0.3) is 5.91 Å². The molecule has 2 heterocycles. The number of hydrogen-bond donors (Lipinski definition) is 1. The summed E-state index contributed by atoms with van der Waals surface area (Å²) in [5.74, 6) is 0.330. The van der Waals surface area contributed by atoms with Crippen molar-refractivity contribution < 1.29 is 9.21 Å². The maximum atomic E-state index is 12.8. The molecule has 0 atom stereocenters. The third kappa shape index (κ3) is 3.45. The quantitative estimate of drug-likeness (QED) is 0.758. The van der Waals surface area contributed by atoms with Crippen LogP contribution in [0.5, 0.6) is 0 Å². The number of rotatable bonds is 3. The highest BCUT2D eigenvalue weighted by Gasteiger charge is 2.22. The maximum Gasteiger partial charge on any atom is 0.253 e. The van der Waals surface area contributed by atoms with Crippen LogP contribution >= 0.6 is 11.6 Å². The Balaban J connectivity index is 1.66. The van der Waals surface area contributed by atoms with E-state index in [1.54, 1.807) is 12.1 Å². The van der Waals surface area contributed by atoms with Gasteiger partial charge in [-0.1, -0.05) is 29.8 Å². The number of nitrogens with one attached hydrogen (secondary N) is 1. The van der Waals surface area contributed by atoms with Gasteiger partial charge >= 0.3 is 0 Å². The number of halogens is 1. The molecule has 134 valence electrons. The fourth-order valence-corrected chi connectivity index (χ4v) is 3.50. The van der Waals surface area contributed by atoms with Crippen LogP contribution in [0.15, 0.2) is 46.9 Å². The maximum absolute atomic E-state index is 12.8. The van der Waals surface area contributed by atoms with Gasteiger partial charge in [0.2, 0.25) is 5.89 Å². The van der Waals surface area contributed by atoms with Crippen LogP contribution in [0.25, 0.3) is 22.6 Å². The third-order valence-corrected chi connectivity index (χ3v) is 5.00. The molecular formula is C20H20ClN3O2. The Morgan fingerprint density at radius 2 is 1.96 bits per heavy atom. The van der Waals surface area contributed by atoms with E-state index in [1.807, 2.05) is 30.3 Å². The highest BCUT2D eigenvalue weighted by Crippen LogP contribution is 2.29. The number of carbonyl (C=O) groups excluding carboxylic acids is 1. The second-order valence-electron chi connectivity index (χ2n) is 6.74. The van der Waals surface area contributed by atoms with Gasteiger partial charge in [0.15, 0.2) is 5.58 Å². The zero-order chi connectivity index (χ0) is 18.1. The molecule has 1 N–H and O–H groups in total. The second-order valence-corrected chi connectivity index (χ2v) is 7.17. The molecule has 1 fully saturated rings. The van der Waals surface area contributed by atoms with Crippen molar-refractivity contribution in [3.8, 4) is 11.5 Å². The topological polar surface area (TPSA) is 58.4 Å². The Morgan fingerprint density at radius 3 is 2.69 bits per heavy atom. The number of fused-ring (bicyclic) bond motifs is 1. The Morgan fingerprint density at radius 1 is 1.23 bits per heavy atom. The van der Waals surface area contributed by atoms with E-state index in [4.69, 9.17) is 16.0 Å². The van der Waals surface area contributed by atoms with E-state index in [2.05, 4.69) is 22.2 Å². The summed E-state index contributed by atoms with van der Waals surface area (Å²) in [5.41, 5.74) is 2.38. The smallest absolute Gasteiger partial charge is 0.253 e. The van der Waals surface area contributed by atoms with Crippen molar-refractivity contribution in [1.82, 2.24) is 15.2 Å². The number of likely N-dealkylation sites (tertiary alicyclic amines) is 1. The summed E-state index contributed by atoms with van der Waals surface area (Å²) in [6.07, 6.45) is 1.89. The first-order valence-electron chi connectivity index (χ1n) is 8.75. The number of piperidine rings is 1. The van der Waals surface area contributed by atoms with E-state index in [-0.39, 0.29) is 11.9 Å². The first-order valence-corrected chi connectivity index (χ1v) is 9.13. The Hall–Kier alpha value is -2.37. The SMILES string of the molecule is CN1CCC(NC(=O)c2cc(Cl)cc3oc(-c4ccccc4)nc23)CC1. The van der Waals surface area contributed by atoms with Crippen LogP contribution in [0.4, 0.5) is 0 Å². The summed E-state index contributed by atoms with van der Waals surface area (Å²) in [4.78, 5) is 19.7. The van der Waals surface area contributed by atoms with Gasteiger partial charge in [-0.05, 0) is 51.2 Å². The number of hydrogen-bond acceptors (Lipinski definition) is 4. The van der Waals surface area contributed by atoms with Crippen molar-refractivity contribution in [2.45, 2.75) is 18.9 Å². The van der Waals surface area contributed by atoms with Gasteiger partial charge in [-0.3, -0.25) is 4.79 Å². The van der Waals surface area contributed by atoms with Crippen LogP contribution in [-0.2, 0) is 0 Å². The van der Waals surface area contributed by atoms with Crippen molar-refractivity contribution in [1.29, 1.82) is 0 Å². The predicted octanol–water partition coefficient (Wildman–Crippen LogP) is 3.97. The van der Waals surface area contributed by atoms with Crippen molar-refractivity contribution in [2.75, 3.05) is 20.1 Å². The molecule has 1 amide bonds. The summed E-state index contributed by atoms with van der Waals surface area (Å²) < 4.78 is 5.85. The first-order chi connectivity index (χ1) is 12.6. The van der Waals surface area contributed by atoms with E-state index < -0.39 is 0 Å². The molecule has 0 spiro atoms. The van der Waals surface area contributed by atoms with Crippen LogP contribution in [0, 0.1) is 0 Å². The molecule has 0 saturated carbocycles. The standard InChI is InChI=1S/C20H20ClN3O2/c1-24-9-7-15(8-10-24)22-19(25)16-11-14(21)12-17-18(16)23-20(26-17)13-5-3-2-4-6-13/h2-6,11-12,15H,7-10H2,1H3,(H,22,25). The van der Waals surface area contributed by atoms with E-state index in [9.17, 15) is 4.79 Å². The number of benzene rings is 2. The first kappa shape index (κ1) is 17.1. The summed E-state index contributed by atoms with van der Waals surface area (Å²) >= 11 is 6.21. The van der Waals surface area contributed by atoms with Gasteiger partial charge in [0, 0.05) is 22.7 Å². The molecule has 1 aromatic heterocycles. The van der Waals surface area contributed by atoms with E-state index in [0.717, 1.165) is 31.5 Å². The third-order valence-electron chi connectivity index (χ3n) is 4.78. The molecule has 0 unspecified atom stereocenters. The van der Waals surface area contributed by atoms with Gasteiger partial charge in [-0.15, -0.1) is 0 Å². The molecule has 6 heteroatoms. The molecule has 2 aromatic carbocycles. The molecule has 0 radical (unpaired) electrons. The van der Waals surface area contributed by atoms with Gasteiger partial charge in [-0.25, -0.2) is 4.98 Å². The molecule has 3 aromatic rings. The highest BCUT2D eigenvalue weighted by molar-refractivity contribution is 6.32. The van der Waals surface area contributed by atoms with Gasteiger partial charge in [0.05, 0.1) is 5.56 Å². The van der Waals surface area contributed by atoms with Gasteiger partial charge in [0.1, 0.15) is 5.52 Å². The van der Waals surface area contributed by atoms with Crippen molar-refractivity contribution in [3.63, 3.8) is 0 Å². The van der Waals surface area contributed by atoms with Crippen molar-refractivity contribution in [2.24, 2.45) is 0 Å². The molecule has 1 aliphatic rings.